The Morgan fingerprint density at radius 1 is 1.31 bits per heavy atom. The van der Waals surface area contributed by atoms with Crippen molar-refractivity contribution in [2.45, 2.75) is 0 Å². The summed E-state index contributed by atoms with van der Waals surface area (Å²) < 4.78 is 0. The Bertz CT molecular complexity index is 402. The first kappa shape index (κ1) is 10.5. The summed E-state index contributed by atoms with van der Waals surface area (Å²) in [6, 6.07) is 5.82. The zero-order chi connectivity index (χ0) is 11.4. The van der Waals surface area contributed by atoms with Crippen LogP contribution in [0.4, 0.5) is 5.82 Å². The van der Waals surface area contributed by atoms with Crippen LogP contribution in [-0.4, -0.2) is 42.0 Å². The number of hydrogen-bond acceptors (Lipinski definition) is 3. The maximum Gasteiger partial charge on any atom is 0.298 e. The van der Waals surface area contributed by atoms with Crippen molar-refractivity contribution in [1.82, 2.24) is 9.88 Å². The molecule has 1 amide bonds. The van der Waals surface area contributed by atoms with Crippen LogP contribution in [0.3, 0.4) is 0 Å². The van der Waals surface area contributed by atoms with Crippen LogP contribution in [0.15, 0.2) is 24.4 Å². The minimum Gasteiger partial charge on any atom is -0.353 e. The van der Waals surface area contributed by atoms with Crippen LogP contribution in [0.5, 0.6) is 0 Å². The number of hydrogen-bond donors (Lipinski definition) is 0. The summed E-state index contributed by atoms with van der Waals surface area (Å²) in [6.45, 7) is 2.90. The lowest BCUT2D eigenvalue weighted by atomic mass is 10.3. The summed E-state index contributed by atoms with van der Waals surface area (Å²) in [4.78, 5) is 19.4. The Morgan fingerprint density at radius 2 is 2.06 bits per heavy atom. The second-order valence-corrected chi connectivity index (χ2v) is 3.61. The van der Waals surface area contributed by atoms with Crippen LogP contribution in [0.1, 0.15) is 0 Å². The largest absolute Gasteiger partial charge is 0.353 e. The molecule has 0 spiro atoms. The van der Waals surface area contributed by atoms with Crippen LogP contribution >= 0.6 is 0 Å². The summed E-state index contributed by atoms with van der Waals surface area (Å²) in [7, 11) is 0. The van der Waals surface area contributed by atoms with Crippen molar-refractivity contribution in [2.24, 2.45) is 0 Å². The molecule has 0 N–H and O–H groups in total. The summed E-state index contributed by atoms with van der Waals surface area (Å²) in [5, 5.41) is 0. The highest BCUT2D eigenvalue weighted by Crippen LogP contribution is 2.12. The van der Waals surface area contributed by atoms with Gasteiger partial charge in [-0.3, -0.25) is 4.79 Å². The molecule has 82 valence electrons. The lowest BCUT2D eigenvalue weighted by Crippen LogP contribution is -2.48. The highest BCUT2D eigenvalue weighted by Gasteiger charge is 2.20. The number of pyridine rings is 1. The van der Waals surface area contributed by atoms with Crippen molar-refractivity contribution in [2.75, 3.05) is 31.1 Å². The van der Waals surface area contributed by atoms with Gasteiger partial charge >= 0.3 is 0 Å². The van der Waals surface area contributed by atoms with Gasteiger partial charge in [0, 0.05) is 32.4 Å². The van der Waals surface area contributed by atoms with Gasteiger partial charge in [0.25, 0.3) is 5.91 Å². The van der Waals surface area contributed by atoms with Gasteiger partial charge in [-0.2, -0.15) is 0 Å². The number of aromatic nitrogens is 1. The summed E-state index contributed by atoms with van der Waals surface area (Å²) in [6.07, 6.45) is 6.85. The Balaban J connectivity index is 1.96. The molecular weight excluding hydrogens is 202 g/mol. The zero-order valence-electron chi connectivity index (χ0n) is 8.97. The second kappa shape index (κ2) is 4.67. The lowest BCUT2D eigenvalue weighted by molar-refractivity contribution is -0.125. The number of carbonyl (C=O) groups is 1. The highest BCUT2D eigenvalue weighted by atomic mass is 16.2. The molecule has 1 fully saturated rings. The number of anilines is 1. The van der Waals surface area contributed by atoms with Gasteiger partial charge in [-0.05, 0) is 18.1 Å². The number of amides is 1. The molecule has 16 heavy (non-hydrogen) atoms. The monoisotopic (exact) mass is 215 g/mol. The molecule has 0 aromatic carbocycles. The van der Waals surface area contributed by atoms with E-state index in [4.69, 9.17) is 6.42 Å². The van der Waals surface area contributed by atoms with E-state index in [1.807, 2.05) is 18.2 Å². The summed E-state index contributed by atoms with van der Waals surface area (Å²) in [5.41, 5.74) is 0. The Kier molecular flexibility index (Phi) is 3.06. The molecule has 1 aromatic rings. The molecule has 2 heterocycles. The molecule has 1 aliphatic heterocycles. The van der Waals surface area contributed by atoms with Gasteiger partial charge in [-0.15, -0.1) is 6.42 Å². The average Bonchev–Trinajstić information content (AvgIpc) is 2.39. The minimum atomic E-state index is -0.222. The molecule has 1 saturated heterocycles. The lowest BCUT2D eigenvalue weighted by Gasteiger charge is -2.34. The molecule has 0 unspecified atom stereocenters. The maximum absolute atomic E-state index is 11.3. The Labute approximate surface area is 94.9 Å². The number of piperazine rings is 1. The molecule has 4 nitrogen and oxygen atoms in total. The maximum atomic E-state index is 11.3. The Hall–Kier alpha value is -2.02. The van der Waals surface area contributed by atoms with Crippen molar-refractivity contribution in [3.8, 4) is 12.3 Å². The number of rotatable bonds is 1. The molecule has 2 rings (SSSR count). The first-order valence-corrected chi connectivity index (χ1v) is 5.23. The van der Waals surface area contributed by atoms with Gasteiger partial charge in [0.2, 0.25) is 0 Å². The molecule has 0 atom stereocenters. The molecule has 1 aliphatic rings. The SMILES string of the molecule is C#CC(=O)N1CCN(c2ccccn2)CC1. The molecule has 4 heteroatoms. The molecular formula is C12H13N3O. The smallest absolute Gasteiger partial charge is 0.298 e. The standard InChI is InChI=1S/C12H13N3O/c1-2-12(16)15-9-7-14(8-10-15)11-5-3-4-6-13-11/h1,3-6H,7-10H2. The van der Waals surface area contributed by atoms with E-state index in [-0.39, 0.29) is 5.91 Å². The predicted octanol–water partition coefficient (Wildman–Crippen LogP) is 0.363. The Morgan fingerprint density at radius 3 is 2.62 bits per heavy atom. The van der Waals surface area contributed by atoms with Gasteiger partial charge in [0.05, 0.1) is 0 Å². The van der Waals surface area contributed by atoms with Crippen molar-refractivity contribution >= 4 is 11.7 Å². The minimum absolute atomic E-state index is 0.222. The van der Waals surface area contributed by atoms with Crippen molar-refractivity contribution < 1.29 is 4.79 Å². The van der Waals surface area contributed by atoms with Gasteiger partial charge in [0.15, 0.2) is 0 Å². The molecule has 0 bridgehead atoms. The van der Waals surface area contributed by atoms with E-state index in [1.165, 1.54) is 0 Å². The van der Waals surface area contributed by atoms with Gasteiger partial charge in [-0.25, -0.2) is 4.98 Å². The van der Waals surface area contributed by atoms with Gasteiger partial charge < -0.3 is 9.80 Å². The van der Waals surface area contributed by atoms with Crippen LogP contribution in [0, 0.1) is 12.3 Å². The van der Waals surface area contributed by atoms with E-state index in [9.17, 15) is 4.79 Å². The molecule has 0 saturated carbocycles. The van der Waals surface area contributed by atoms with E-state index in [0.717, 1.165) is 18.9 Å². The summed E-state index contributed by atoms with van der Waals surface area (Å²) >= 11 is 0. The van der Waals surface area contributed by atoms with Crippen molar-refractivity contribution in [3.63, 3.8) is 0 Å². The average molecular weight is 215 g/mol. The van der Waals surface area contributed by atoms with Crippen LogP contribution in [0.25, 0.3) is 0 Å². The number of nitrogens with zero attached hydrogens (tertiary/aromatic N) is 3. The van der Waals surface area contributed by atoms with E-state index >= 15 is 0 Å². The fourth-order valence-corrected chi connectivity index (χ4v) is 1.77. The van der Waals surface area contributed by atoms with Crippen LogP contribution < -0.4 is 4.90 Å². The van der Waals surface area contributed by atoms with E-state index in [1.54, 1.807) is 11.1 Å². The second-order valence-electron chi connectivity index (χ2n) is 3.61. The van der Waals surface area contributed by atoms with Crippen LogP contribution in [0.2, 0.25) is 0 Å². The molecule has 0 radical (unpaired) electrons. The third-order valence-corrected chi connectivity index (χ3v) is 2.66. The zero-order valence-corrected chi connectivity index (χ0v) is 8.97. The van der Waals surface area contributed by atoms with Crippen LogP contribution in [-0.2, 0) is 4.79 Å². The number of carbonyl (C=O) groups excluding carboxylic acids is 1. The first-order valence-electron chi connectivity index (χ1n) is 5.23. The fraction of sp³-hybridized carbons (Fsp3) is 0.333. The van der Waals surface area contributed by atoms with E-state index in [2.05, 4.69) is 15.8 Å². The third-order valence-electron chi connectivity index (χ3n) is 2.66. The van der Waals surface area contributed by atoms with E-state index in [0.29, 0.717) is 13.1 Å². The van der Waals surface area contributed by atoms with Crippen molar-refractivity contribution in [3.05, 3.63) is 24.4 Å². The van der Waals surface area contributed by atoms with E-state index < -0.39 is 0 Å². The fourth-order valence-electron chi connectivity index (χ4n) is 1.77. The summed E-state index contributed by atoms with van der Waals surface area (Å²) in [5.74, 6) is 2.87. The highest BCUT2D eigenvalue weighted by molar-refractivity contribution is 5.93. The third kappa shape index (κ3) is 2.14. The van der Waals surface area contributed by atoms with Gasteiger partial charge in [0.1, 0.15) is 5.82 Å². The number of terminal acetylenes is 1. The first-order chi connectivity index (χ1) is 7.81. The quantitative estimate of drug-likeness (QED) is 0.635. The molecule has 0 aliphatic carbocycles. The normalized spacial score (nSPS) is 15.7. The molecule has 1 aromatic heterocycles. The van der Waals surface area contributed by atoms with Crippen molar-refractivity contribution in [1.29, 1.82) is 0 Å². The predicted molar refractivity (Wildman–Crippen MR) is 61.9 cm³/mol. The van der Waals surface area contributed by atoms with Gasteiger partial charge in [-0.1, -0.05) is 6.07 Å². The topological polar surface area (TPSA) is 36.4 Å².